The number of halogens is 2. The van der Waals surface area contributed by atoms with Crippen LogP contribution in [0.2, 0.25) is 0 Å². The first-order valence-electron chi connectivity index (χ1n) is 7.51. The summed E-state index contributed by atoms with van der Waals surface area (Å²) < 4.78 is 34.0. The molecule has 0 radical (unpaired) electrons. The van der Waals surface area contributed by atoms with Gasteiger partial charge in [-0.2, -0.15) is 0 Å². The summed E-state index contributed by atoms with van der Waals surface area (Å²) in [4.78, 5) is 0. The summed E-state index contributed by atoms with van der Waals surface area (Å²) in [7, 11) is 1.62. The minimum absolute atomic E-state index is 0.240. The van der Waals surface area contributed by atoms with Crippen LogP contribution in [0.4, 0.5) is 8.78 Å². The average Bonchev–Trinajstić information content (AvgIpc) is 2.74. The summed E-state index contributed by atoms with van der Waals surface area (Å²) in [5.41, 5.74) is 2.61. The fourth-order valence-corrected chi connectivity index (χ4v) is 3.35. The summed E-state index contributed by atoms with van der Waals surface area (Å²) in [5.74, 6) is 4.04. The fourth-order valence-electron chi connectivity index (χ4n) is 3.35. The van der Waals surface area contributed by atoms with Crippen molar-refractivity contribution in [3.8, 4) is 0 Å². The van der Waals surface area contributed by atoms with Gasteiger partial charge in [0.1, 0.15) is 0 Å². The third-order valence-electron chi connectivity index (χ3n) is 4.67. The minimum Gasteiger partial charge on any atom is -0.376 e. The van der Waals surface area contributed by atoms with Crippen LogP contribution in [0.1, 0.15) is 55.7 Å². The maximum absolute atomic E-state index is 14.3. The molecule has 1 atom stereocenters. The molecule has 0 saturated heterocycles. The highest BCUT2D eigenvalue weighted by Crippen LogP contribution is 2.41. The highest BCUT2D eigenvalue weighted by Gasteiger charge is 2.41. The smallest absolute Gasteiger partial charge is 0.164 e. The van der Waals surface area contributed by atoms with Gasteiger partial charge in [-0.1, -0.05) is 37.8 Å². The van der Waals surface area contributed by atoms with Gasteiger partial charge in [-0.3, -0.25) is 5.84 Å². The Hall–Kier alpha value is -1.04. The lowest BCUT2D eigenvalue weighted by Gasteiger charge is -2.39. The van der Waals surface area contributed by atoms with E-state index < -0.39 is 23.3 Å². The van der Waals surface area contributed by atoms with Gasteiger partial charge in [0.2, 0.25) is 0 Å². The zero-order valence-electron chi connectivity index (χ0n) is 12.7. The van der Waals surface area contributed by atoms with Crippen molar-refractivity contribution >= 4 is 0 Å². The number of nitrogens with two attached hydrogens (primary N) is 1. The van der Waals surface area contributed by atoms with E-state index in [1.54, 1.807) is 26.2 Å². The molecule has 1 aliphatic rings. The van der Waals surface area contributed by atoms with Gasteiger partial charge in [-0.05, 0) is 25.3 Å². The predicted octanol–water partition coefficient (Wildman–Crippen LogP) is 3.52. The third-order valence-corrected chi connectivity index (χ3v) is 4.67. The van der Waals surface area contributed by atoms with Crippen molar-refractivity contribution in [1.29, 1.82) is 0 Å². The molecule has 1 aromatic carbocycles. The van der Waals surface area contributed by atoms with Gasteiger partial charge in [0.05, 0.1) is 11.6 Å². The monoisotopic (exact) mass is 298 g/mol. The molecule has 1 aliphatic carbocycles. The normalized spacial score (nSPS) is 20.0. The molecule has 0 aliphatic heterocycles. The van der Waals surface area contributed by atoms with Crippen LogP contribution in [0.3, 0.4) is 0 Å². The van der Waals surface area contributed by atoms with E-state index in [0.717, 1.165) is 38.5 Å². The van der Waals surface area contributed by atoms with Crippen LogP contribution in [-0.2, 0) is 4.74 Å². The molecule has 0 aromatic heterocycles. The van der Waals surface area contributed by atoms with Gasteiger partial charge >= 0.3 is 0 Å². The second-order valence-electron chi connectivity index (χ2n) is 5.88. The molecular formula is C16H24F2N2O. The topological polar surface area (TPSA) is 47.3 Å². The fraction of sp³-hybridized carbons (Fsp3) is 0.625. The lowest BCUT2D eigenvalue weighted by Crippen LogP contribution is -2.48. The van der Waals surface area contributed by atoms with Gasteiger partial charge in [0.25, 0.3) is 0 Å². The summed E-state index contributed by atoms with van der Waals surface area (Å²) in [6.07, 6.45) is 5.84. The van der Waals surface area contributed by atoms with Crippen molar-refractivity contribution in [3.63, 3.8) is 0 Å². The van der Waals surface area contributed by atoms with E-state index in [9.17, 15) is 8.78 Å². The van der Waals surface area contributed by atoms with Crippen LogP contribution in [0.25, 0.3) is 0 Å². The lowest BCUT2D eigenvalue weighted by molar-refractivity contribution is -0.0550. The maximum Gasteiger partial charge on any atom is 0.164 e. The van der Waals surface area contributed by atoms with E-state index in [-0.39, 0.29) is 5.56 Å². The molecule has 1 fully saturated rings. The average molecular weight is 298 g/mol. The van der Waals surface area contributed by atoms with Gasteiger partial charge in [0, 0.05) is 12.7 Å². The first-order chi connectivity index (χ1) is 10.1. The Kier molecular flexibility index (Phi) is 5.30. The van der Waals surface area contributed by atoms with Crippen molar-refractivity contribution in [2.75, 3.05) is 7.11 Å². The van der Waals surface area contributed by atoms with Crippen molar-refractivity contribution in [3.05, 3.63) is 34.9 Å². The number of ether oxygens (including phenoxy) is 1. The van der Waals surface area contributed by atoms with E-state index in [0.29, 0.717) is 5.56 Å². The summed E-state index contributed by atoms with van der Waals surface area (Å²) in [5, 5.41) is 0. The molecule has 3 nitrogen and oxygen atoms in total. The molecule has 5 heteroatoms. The van der Waals surface area contributed by atoms with Crippen molar-refractivity contribution in [2.24, 2.45) is 5.84 Å². The Morgan fingerprint density at radius 1 is 1.14 bits per heavy atom. The van der Waals surface area contributed by atoms with Gasteiger partial charge < -0.3 is 4.74 Å². The zero-order valence-corrected chi connectivity index (χ0v) is 12.7. The molecule has 1 aromatic rings. The van der Waals surface area contributed by atoms with Crippen LogP contribution < -0.4 is 11.3 Å². The molecule has 0 spiro atoms. The molecule has 0 bridgehead atoms. The highest BCUT2D eigenvalue weighted by atomic mass is 19.2. The van der Waals surface area contributed by atoms with Crippen LogP contribution in [-0.4, -0.2) is 12.7 Å². The highest BCUT2D eigenvalue weighted by molar-refractivity contribution is 5.30. The number of rotatable bonds is 4. The van der Waals surface area contributed by atoms with Gasteiger partial charge in [-0.25, -0.2) is 14.2 Å². The van der Waals surface area contributed by atoms with E-state index in [1.807, 2.05) is 0 Å². The van der Waals surface area contributed by atoms with Crippen molar-refractivity contribution < 1.29 is 13.5 Å². The number of hydrogen-bond donors (Lipinski definition) is 2. The number of methoxy groups -OCH3 is 1. The lowest BCUT2D eigenvalue weighted by atomic mass is 9.82. The first kappa shape index (κ1) is 16.3. The SMILES string of the molecule is COC1(C(NN)c2ccc(C)c(F)c2F)CCCCCC1. The molecule has 0 heterocycles. The second kappa shape index (κ2) is 6.81. The van der Waals surface area contributed by atoms with Crippen LogP contribution in [0.15, 0.2) is 12.1 Å². The molecule has 21 heavy (non-hydrogen) atoms. The van der Waals surface area contributed by atoms with E-state index >= 15 is 0 Å². The summed E-state index contributed by atoms with van der Waals surface area (Å²) in [6, 6.07) is 2.62. The quantitative estimate of drug-likeness (QED) is 0.508. The molecule has 2 rings (SSSR count). The molecule has 1 saturated carbocycles. The molecule has 3 N–H and O–H groups in total. The summed E-state index contributed by atoms with van der Waals surface area (Å²) >= 11 is 0. The molecule has 118 valence electrons. The van der Waals surface area contributed by atoms with Gasteiger partial charge in [-0.15, -0.1) is 0 Å². The van der Waals surface area contributed by atoms with Crippen LogP contribution in [0.5, 0.6) is 0 Å². The Bertz CT molecular complexity index is 485. The second-order valence-corrected chi connectivity index (χ2v) is 5.88. The Morgan fingerprint density at radius 3 is 2.29 bits per heavy atom. The number of hydrazine groups is 1. The Labute approximate surface area is 124 Å². The molecular weight excluding hydrogens is 274 g/mol. The number of aryl methyl sites for hydroxylation is 1. The van der Waals surface area contributed by atoms with Crippen LogP contribution >= 0.6 is 0 Å². The van der Waals surface area contributed by atoms with Crippen molar-refractivity contribution in [2.45, 2.75) is 57.1 Å². The molecule has 1 unspecified atom stereocenters. The summed E-state index contributed by atoms with van der Waals surface area (Å²) in [6.45, 7) is 1.55. The number of hydrogen-bond acceptors (Lipinski definition) is 3. The van der Waals surface area contributed by atoms with E-state index in [2.05, 4.69) is 5.43 Å². The minimum atomic E-state index is -0.835. The van der Waals surface area contributed by atoms with Gasteiger partial charge in [0.15, 0.2) is 11.6 Å². The number of benzene rings is 1. The van der Waals surface area contributed by atoms with E-state index in [4.69, 9.17) is 10.6 Å². The maximum atomic E-state index is 14.3. The first-order valence-corrected chi connectivity index (χ1v) is 7.51. The number of nitrogens with one attached hydrogen (secondary N) is 1. The predicted molar refractivity (Wildman–Crippen MR) is 78.6 cm³/mol. The largest absolute Gasteiger partial charge is 0.376 e. The van der Waals surface area contributed by atoms with Crippen LogP contribution in [0, 0.1) is 18.6 Å². The molecule has 0 amide bonds. The van der Waals surface area contributed by atoms with Crippen molar-refractivity contribution in [1.82, 2.24) is 5.43 Å². The zero-order chi connectivity index (χ0) is 15.5. The Morgan fingerprint density at radius 2 is 1.76 bits per heavy atom. The third kappa shape index (κ3) is 3.10. The van der Waals surface area contributed by atoms with E-state index in [1.165, 1.54) is 0 Å². The Balaban J connectivity index is 2.44. The standard InChI is InChI=1S/C16H24F2N2O/c1-11-7-8-12(14(18)13(11)17)15(20-19)16(21-2)9-5-3-4-6-10-16/h7-8,15,20H,3-6,9-10,19H2,1-2H3.